The van der Waals surface area contributed by atoms with Crippen LogP contribution in [0.15, 0.2) is 0 Å². The standard InChI is InChI=1S/C2H10OSi3/c1-2(3)5-6-4/h5-6H2,1,4H3. The Morgan fingerprint density at radius 3 is 2.33 bits per heavy atom. The van der Waals surface area contributed by atoms with Crippen LogP contribution in [0.25, 0.3) is 0 Å². The molecule has 0 heterocycles. The van der Waals surface area contributed by atoms with Crippen molar-refractivity contribution in [2.75, 3.05) is 0 Å². The Morgan fingerprint density at radius 2 is 2.33 bits per heavy atom. The second-order valence-corrected chi connectivity index (χ2v) is 17.4. The van der Waals surface area contributed by atoms with E-state index in [9.17, 15) is 4.79 Å². The van der Waals surface area contributed by atoms with E-state index in [1.807, 2.05) is 0 Å². The first-order valence-electron chi connectivity index (χ1n) is 2.26. The van der Waals surface area contributed by atoms with E-state index in [1.165, 1.54) is 9.76 Å². The number of carbonyl (C=O) groups excluding carboxylic acids is 1. The summed E-state index contributed by atoms with van der Waals surface area (Å²) in [6, 6.07) is 0. The summed E-state index contributed by atoms with van der Waals surface area (Å²) < 4.78 is 0. The first-order valence-corrected chi connectivity index (χ1v) is 12.6. The van der Waals surface area contributed by atoms with Crippen LogP contribution in [0, 0.1) is 0 Å². The summed E-state index contributed by atoms with van der Waals surface area (Å²) in [5.74, 6) is 0. The molecule has 6 heavy (non-hydrogen) atoms. The maximum absolute atomic E-state index is 10.2. The van der Waals surface area contributed by atoms with Gasteiger partial charge in [-0.3, -0.25) is 0 Å². The molecule has 0 N–H and O–H groups in total. The zero-order chi connectivity index (χ0) is 4.99. The van der Waals surface area contributed by atoms with E-state index < -0.39 is 0 Å². The fourth-order valence-electron chi connectivity index (χ4n) is 0.352. The highest BCUT2D eigenvalue weighted by atomic mass is 29.5. The molecule has 0 rings (SSSR count). The Balaban J connectivity index is 2.83. The van der Waals surface area contributed by atoms with E-state index in [2.05, 4.69) is 0 Å². The van der Waals surface area contributed by atoms with Gasteiger partial charge in [0.1, 0.15) is 0 Å². The third kappa shape index (κ3) is 4.32. The van der Waals surface area contributed by atoms with Crippen molar-refractivity contribution in [1.29, 1.82) is 0 Å². The fourth-order valence-corrected chi connectivity index (χ4v) is 9.51. The van der Waals surface area contributed by atoms with Gasteiger partial charge in [0.25, 0.3) is 0 Å². The van der Waals surface area contributed by atoms with Gasteiger partial charge < -0.3 is 4.79 Å². The van der Waals surface area contributed by atoms with Gasteiger partial charge in [-0.05, 0) is 16.7 Å². The largest absolute Gasteiger partial charge is 0.307 e. The van der Waals surface area contributed by atoms with Crippen LogP contribution in [0.3, 0.4) is 0 Å². The van der Waals surface area contributed by atoms with E-state index in [-0.39, 0.29) is 9.04 Å². The van der Waals surface area contributed by atoms with Crippen molar-refractivity contribution in [2.24, 2.45) is 0 Å². The average molecular weight is 134 g/mol. The lowest BCUT2D eigenvalue weighted by atomic mass is 10.9. The molecule has 0 spiro atoms. The van der Waals surface area contributed by atoms with E-state index in [1.54, 1.807) is 6.92 Å². The van der Waals surface area contributed by atoms with Crippen molar-refractivity contribution in [3.05, 3.63) is 0 Å². The lowest BCUT2D eigenvalue weighted by Crippen LogP contribution is -2.12. The molecule has 1 nitrogen and oxygen atoms in total. The Labute approximate surface area is 45.2 Å². The highest BCUT2D eigenvalue weighted by molar-refractivity contribution is 7.32. The predicted molar refractivity (Wildman–Crippen MR) is 37.7 cm³/mol. The van der Waals surface area contributed by atoms with E-state index in [0.29, 0.717) is 14.0 Å². The first-order chi connectivity index (χ1) is 2.77. The van der Waals surface area contributed by atoms with Crippen LogP contribution in [0.2, 0.25) is 0 Å². The molecular formula is C2H10OSi3. The van der Waals surface area contributed by atoms with Gasteiger partial charge in [-0.25, -0.2) is 0 Å². The molecule has 0 saturated carbocycles. The molecule has 4 heteroatoms. The summed E-state index contributed by atoms with van der Waals surface area (Å²) in [5, 5.41) is 0.525. The Bertz CT molecular complexity index is 52.8. The van der Waals surface area contributed by atoms with Gasteiger partial charge in [0, 0.05) is 8.55 Å². The molecular weight excluding hydrogens is 124 g/mol. The van der Waals surface area contributed by atoms with Gasteiger partial charge in [-0.15, -0.1) is 0 Å². The molecule has 0 saturated heterocycles. The van der Waals surface area contributed by atoms with Crippen LogP contribution in [0.1, 0.15) is 6.92 Å². The lowest BCUT2D eigenvalue weighted by Gasteiger charge is -1.77. The minimum absolute atomic E-state index is 0.0818. The zero-order valence-electron chi connectivity index (χ0n) is 4.32. The minimum atomic E-state index is -0.0818. The maximum Gasteiger partial charge on any atom is 0.0976 e. The second kappa shape index (κ2) is 3.51. The molecule has 0 aliphatic rings. The topological polar surface area (TPSA) is 17.1 Å². The van der Waals surface area contributed by atoms with Gasteiger partial charge in [0.2, 0.25) is 0 Å². The molecule has 0 bridgehead atoms. The first kappa shape index (κ1) is 6.32. The van der Waals surface area contributed by atoms with Crippen molar-refractivity contribution in [2.45, 2.75) is 6.92 Å². The van der Waals surface area contributed by atoms with E-state index >= 15 is 0 Å². The second-order valence-electron chi connectivity index (χ2n) is 1.45. The summed E-state index contributed by atoms with van der Waals surface area (Å²) >= 11 is 0. The van der Waals surface area contributed by atoms with Crippen molar-refractivity contribution in [1.82, 2.24) is 0 Å². The summed E-state index contributed by atoms with van der Waals surface area (Å²) in [6.07, 6.45) is 0. The molecule has 0 radical (unpaired) electrons. The summed E-state index contributed by atoms with van der Waals surface area (Å²) in [6.45, 7) is 1.73. The van der Waals surface area contributed by atoms with E-state index in [4.69, 9.17) is 0 Å². The third-order valence-corrected chi connectivity index (χ3v) is 9.92. The van der Waals surface area contributed by atoms with Crippen molar-refractivity contribution >= 4 is 32.8 Å². The van der Waals surface area contributed by atoms with Crippen molar-refractivity contribution in [3.8, 4) is 0 Å². The van der Waals surface area contributed by atoms with Crippen molar-refractivity contribution in [3.63, 3.8) is 0 Å². The molecule has 0 aromatic carbocycles. The summed E-state index contributed by atoms with van der Waals surface area (Å²) in [5.41, 5.74) is 0. The molecule has 0 atom stereocenters. The molecule has 0 aromatic rings. The molecule has 0 amide bonds. The predicted octanol–water partition coefficient (Wildman–Crippen LogP) is -2.93. The van der Waals surface area contributed by atoms with E-state index in [0.717, 1.165) is 0 Å². The SMILES string of the molecule is CC(=O)[SiH2][SiH2][SiH3]. The monoisotopic (exact) mass is 134 g/mol. The highest BCUT2D eigenvalue weighted by Crippen LogP contribution is 1.55. The van der Waals surface area contributed by atoms with Crippen LogP contribution >= 0.6 is 0 Å². The number of hydrogen-bond acceptors (Lipinski definition) is 1. The Morgan fingerprint density at radius 1 is 1.83 bits per heavy atom. The van der Waals surface area contributed by atoms with Gasteiger partial charge >= 0.3 is 0 Å². The molecule has 36 valence electrons. The molecule has 0 aromatic heterocycles. The molecule has 0 aliphatic heterocycles. The normalized spacial score (nSPS) is 12.8. The zero-order valence-corrected chi connectivity index (χ0v) is 9.15. The van der Waals surface area contributed by atoms with Gasteiger partial charge in [0.05, 0.1) is 14.4 Å². The van der Waals surface area contributed by atoms with Gasteiger partial charge in [0.15, 0.2) is 0 Å². The number of carbonyl (C=O) groups is 1. The Hall–Kier alpha value is 0.321. The maximum atomic E-state index is 10.2. The molecule has 0 fully saturated rings. The smallest absolute Gasteiger partial charge is 0.0976 e. The lowest BCUT2D eigenvalue weighted by molar-refractivity contribution is -0.110. The Kier molecular flexibility index (Phi) is 3.70. The van der Waals surface area contributed by atoms with Crippen LogP contribution in [0.4, 0.5) is 0 Å². The summed E-state index contributed by atoms with van der Waals surface area (Å²) in [7, 11) is 1.58. The highest BCUT2D eigenvalue weighted by Gasteiger charge is 1.86. The van der Waals surface area contributed by atoms with Crippen LogP contribution in [0.5, 0.6) is 0 Å². The summed E-state index contributed by atoms with van der Waals surface area (Å²) in [4.78, 5) is 10.2. The van der Waals surface area contributed by atoms with Crippen LogP contribution < -0.4 is 0 Å². The van der Waals surface area contributed by atoms with Crippen molar-refractivity contribution < 1.29 is 4.79 Å². The number of rotatable bonds is 2. The van der Waals surface area contributed by atoms with Crippen LogP contribution in [-0.4, -0.2) is 32.8 Å². The van der Waals surface area contributed by atoms with Gasteiger partial charge in [-0.1, -0.05) is 0 Å². The molecule has 0 aliphatic carbocycles. The quantitative estimate of drug-likeness (QED) is 0.370. The average Bonchev–Trinajstić information content (AvgIpc) is 1.35. The third-order valence-electron chi connectivity index (χ3n) is 0.602. The van der Waals surface area contributed by atoms with Gasteiger partial charge in [-0.2, -0.15) is 0 Å². The molecule has 0 unspecified atom stereocenters. The minimum Gasteiger partial charge on any atom is -0.307 e. The fraction of sp³-hybridized carbons (Fsp3) is 0.500. The van der Waals surface area contributed by atoms with Crippen LogP contribution in [-0.2, 0) is 4.79 Å². The number of hydrogen-bond donors (Lipinski definition) is 0.